The third-order valence-electron chi connectivity index (χ3n) is 5.34. The number of amides is 1. The lowest BCUT2D eigenvalue weighted by molar-refractivity contribution is 0.0937. The molecule has 5 heteroatoms. The van der Waals surface area contributed by atoms with Crippen LogP contribution < -0.4 is 5.32 Å². The van der Waals surface area contributed by atoms with Gasteiger partial charge in [0.1, 0.15) is 5.82 Å². The van der Waals surface area contributed by atoms with Gasteiger partial charge in [-0.1, -0.05) is 53.6 Å². The van der Waals surface area contributed by atoms with E-state index in [1.165, 1.54) is 16.7 Å². The zero-order valence-corrected chi connectivity index (χ0v) is 18.1. The molecule has 0 bridgehead atoms. The summed E-state index contributed by atoms with van der Waals surface area (Å²) < 4.78 is 2.19. The predicted octanol–water partition coefficient (Wildman–Crippen LogP) is 5.85. The second-order valence-electron chi connectivity index (χ2n) is 7.68. The molecule has 0 aliphatic heterocycles. The van der Waals surface area contributed by atoms with Crippen molar-refractivity contribution in [2.24, 2.45) is 0 Å². The minimum absolute atomic E-state index is 0.171. The first kappa shape index (κ1) is 20.2. The molecule has 4 aromatic rings. The number of fused-ring (bicyclic) bond motifs is 1. The molecule has 1 N–H and O–H groups in total. The van der Waals surface area contributed by atoms with Crippen molar-refractivity contribution in [2.45, 2.75) is 33.4 Å². The Hall–Kier alpha value is -3.11. The highest BCUT2D eigenvalue weighted by Crippen LogP contribution is 2.24. The quantitative estimate of drug-likeness (QED) is 0.443. The normalized spacial score (nSPS) is 12.1. The van der Waals surface area contributed by atoms with Gasteiger partial charge in [0.25, 0.3) is 5.91 Å². The summed E-state index contributed by atoms with van der Waals surface area (Å²) in [6, 6.07) is 21.2. The third-order valence-corrected chi connectivity index (χ3v) is 5.57. The predicted molar refractivity (Wildman–Crippen MR) is 122 cm³/mol. The van der Waals surface area contributed by atoms with Crippen molar-refractivity contribution < 1.29 is 4.79 Å². The van der Waals surface area contributed by atoms with Gasteiger partial charge in [-0.3, -0.25) is 4.79 Å². The van der Waals surface area contributed by atoms with Crippen molar-refractivity contribution in [3.05, 3.63) is 99.8 Å². The Bertz CT molecular complexity index is 1230. The largest absolute Gasteiger partial charge is 0.342 e. The van der Waals surface area contributed by atoms with Gasteiger partial charge in [0.15, 0.2) is 0 Å². The Balaban J connectivity index is 1.70. The number of nitrogens with zero attached hydrogens (tertiary/aromatic N) is 2. The summed E-state index contributed by atoms with van der Waals surface area (Å²) in [5, 5.41) is 3.61. The second-order valence-corrected chi connectivity index (χ2v) is 8.12. The van der Waals surface area contributed by atoms with Crippen LogP contribution in [0.15, 0.2) is 66.7 Å². The molecule has 0 spiro atoms. The lowest BCUT2D eigenvalue weighted by Crippen LogP contribution is -2.29. The maximum absolute atomic E-state index is 12.8. The van der Waals surface area contributed by atoms with Crippen LogP contribution in [0.4, 0.5) is 0 Å². The van der Waals surface area contributed by atoms with Crippen molar-refractivity contribution >= 4 is 28.5 Å². The van der Waals surface area contributed by atoms with Crippen LogP contribution >= 0.6 is 11.6 Å². The van der Waals surface area contributed by atoms with Crippen molar-refractivity contribution in [1.82, 2.24) is 14.9 Å². The molecule has 4 nitrogen and oxygen atoms in total. The van der Waals surface area contributed by atoms with E-state index in [1.54, 1.807) is 24.3 Å². The highest BCUT2D eigenvalue weighted by molar-refractivity contribution is 6.30. The molecule has 0 saturated heterocycles. The number of nitrogens with one attached hydrogen (secondary N) is 1. The molecule has 30 heavy (non-hydrogen) atoms. The molecule has 1 aromatic heterocycles. The summed E-state index contributed by atoms with van der Waals surface area (Å²) >= 11 is 6.04. The van der Waals surface area contributed by atoms with Crippen LogP contribution in [0.25, 0.3) is 11.0 Å². The fourth-order valence-electron chi connectivity index (χ4n) is 3.71. The fraction of sp³-hybridized carbons (Fsp3) is 0.200. The number of hydrogen-bond donors (Lipinski definition) is 1. The monoisotopic (exact) mass is 417 g/mol. The number of imidazole rings is 1. The van der Waals surface area contributed by atoms with Crippen molar-refractivity contribution in [3.63, 3.8) is 0 Å². The minimum atomic E-state index is -0.269. The average Bonchev–Trinajstić information content (AvgIpc) is 3.09. The zero-order valence-electron chi connectivity index (χ0n) is 17.3. The number of rotatable bonds is 5. The molecule has 1 heterocycles. The van der Waals surface area contributed by atoms with E-state index < -0.39 is 0 Å². The van der Waals surface area contributed by atoms with Gasteiger partial charge in [0.05, 0.1) is 17.1 Å². The molecule has 0 fully saturated rings. The van der Waals surface area contributed by atoms with Gasteiger partial charge < -0.3 is 9.88 Å². The molecule has 0 saturated carbocycles. The van der Waals surface area contributed by atoms with E-state index in [-0.39, 0.29) is 11.9 Å². The Morgan fingerprint density at radius 3 is 2.67 bits per heavy atom. The SMILES string of the molecule is Cc1ccc(C)c(Cn2c(C(C)NC(=O)c3cccc(Cl)c3)nc3ccccc32)c1. The number of aromatic nitrogens is 2. The summed E-state index contributed by atoms with van der Waals surface area (Å²) in [6.45, 7) is 6.88. The fourth-order valence-corrected chi connectivity index (χ4v) is 3.90. The summed E-state index contributed by atoms with van der Waals surface area (Å²) in [5.74, 6) is 0.655. The molecular formula is C25H24ClN3O. The van der Waals surface area contributed by atoms with Gasteiger partial charge in [0.2, 0.25) is 0 Å². The summed E-state index contributed by atoms with van der Waals surface area (Å²) in [6.07, 6.45) is 0. The molecule has 152 valence electrons. The molecule has 1 atom stereocenters. The highest BCUT2D eigenvalue weighted by Gasteiger charge is 2.20. The lowest BCUT2D eigenvalue weighted by atomic mass is 10.1. The lowest BCUT2D eigenvalue weighted by Gasteiger charge is -2.18. The minimum Gasteiger partial charge on any atom is -0.342 e. The van der Waals surface area contributed by atoms with E-state index in [0.717, 1.165) is 16.9 Å². The van der Waals surface area contributed by atoms with Gasteiger partial charge in [-0.2, -0.15) is 0 Å². The molecule has 1 amide bonds. The number of halogens is 1. The molecule has 3 aromatic carbocycles. The van der Waals surface area contributed by atoms with E-state index in [4.69, 9.17) is 16.6 Å². The van der Waals surface area contributed by atoms with Gasteiger partial charge in [-0.15, -0.1) is 0 Å². The number of carbonyl (C=O) groups is 1. The van der Waals surface area contributed by atoms with E-state index in [1.807, 2.05) is 25.1 Å². The van der Waals surface area contributed by atoms with E-state index in [9.17, 15) is 4.79 Å². The van der Waals surface area contributed by atoms with Crippen LogP contribution in [0, 0.1) is 13.8 Å². The second kappa shape index (κ2) is 8.33. The smallest absolute Gasteiger partial charge is 0.251 e. The Morgan fingerprint density at radius 2 is 1.87 bits per heavy atom. The van der Waals surface area contributed by atoms with Crippen LogP contribution in [-0.4, -0.2) is 15.5 Å². The number of aryl methyl sites for hydroxylation is 2. The van der Waals surface area contributed by atoms with Crippen LogP contribution in [0.3, 0.4) is 0 Å². The zero-order chi connectivity index (χ0) is 21.3. The van der Waals surface area contributed by atoms with Gasteiger partial charge in [-0.25, -0.2) is 4.98 Å². The average molecular weight is 418 g/mol. The van der Waals surface area contributed by atoms with Crippen LogP contribution in [0.2, 0.25) is 5.02 Å². The first-order valence-corrected chi connectivity index (χ1v) is 10.4. The van der Waals surface area contributed by atoms with Crippen LogP contribution in [-0.2, 0) is 6.54 Å². The maximum atomic E-state index is 12.8. The van der Waals surface area contributed by atoms with E-state index >= 15 is 0 Å². The molecule has 0 aliphatic rings. The maximum Gasteiger partial charge on any atom is 0.251 e. The Kier molecular flexibility index (Phi) is 5.60. The van der Waals surface area contributed by atoms with Gasteiger partial charge in [-0.05, 0) is 62.2 Å². The summed E-state index contributed by atoms with van der Waals surface area (Å²) in [7, 11) is 0. The number of benzene rings is 3. The third kappa shape index (κ3) is 4.10. The molecule has 1 unspecified atom stereocenters. The standard InChI is InChI=1S/C25H24ClN3O/c1-16-11-12-17(2)20(13-16)15-29-23-10-5-4-9-22(23)28-24(29)18(3)27-25(30)19-7-6-8-21(26)14-19/h4-14,18H,15H2,1-3H3,(H,27,30). The van der Waals surface area contributed by atoms with Gasteiger partial charge in [0, 0.05) is 17.1 Å². The van der Waals surface area contributed by atoms with Crippen molar-refractivity contribution in [1.29, 1.82) is 0 Å². The molecular weight excluding hydrogens is 394 g/mol. The molecule has 4 rings (SSSR count). The van der Waals surface area contributed by atoms with E-state index in [2.05, 4.69) is 48.0 Å². The van der Waals surface area contributed by atoms with E-state index in [0.29, 0.717) is 17.1 Å². The van der Waals surface area contributed by atoms with Crippen molar-refractivity contribution in [2.75, 3.05) is 0 Å². The van der Waals surface area contributed by atoms with Gasteiger partial charge >= 0.3 is 0 Å². The summed E-state index contributed by atoms with van der Waals surface area (Å²) in [5.41, 5.74) is 6.21. The Morgan fingerprint density at radius 1 is 1.07 bits per heavy atom. The summed E-state index contributed by atoms with van der Waals surface area (Å²) in [4.78, 5) is 17.6. The van der Waals surface area contributed by atoms with Crippen molar-refractivity contribution in [3.8, 4) is 0 Å². The highest BCUT2D eigenvalue weighted by atomic mass is 35.5. The number of carbonyl (C=O) groups excluding carboxylic acids is 1. The van der Waals surface area contributed by atoms with Crippen LogP contribution in [0.1, 0.15) is 45.8 Å². The Labute approximate surface area is 181 Å². The molecule has 0 radical (unpaired) electrons. The number of hydrogen-bond acceptors (Lipinski definition) is 2. The topological polar surface area (TPSA) is 46.9 Å². The molecule has 0 aliphatic carbocycles. The van der Waals surface area contributed by atoms with Crippen LogP contribution in [0.5, 0.6) is 0 Å². The first-order chi connectivity index (χ1) is 14.4. The first-order valence-electron chi connectivity index (χ1n) is 10.00. The number of para-hydroxylation sites is 2.